The Morgan fingerprint density at radius 1 is 1.32 bits per heavy atom. The zero-order valence-corrected chi connectivity index (χ0v) is 11.4. The molecule has 0 fully saturated rings. The molecule has 0 unspecified atom stereocenters. The van der Waals surface area contributed by atoms with Gasteiger partial charge in [-0.1, -0.05) is 43.2 Å². The van der Waals surface area contributed by atoms with Crippen molar-refractivity contribution in [3.05, 3.63) is 52.8 Å². The van der Waals surface area contributed by atoms with Gasteiger partial charge in [-0.25, -0.2) is 0 Å². The van der Waals surface area contributed by atoms with E-state index in [0.717, 1.165) is 24.1 Å². The highest BCUT2D eigenvalue weighted by Crippen LogP contribution is 2.05. The van der Waals surface area contributed by atoms with Crippen LogP contribution in [0.4, 0.5) is 0 Å². The van der Waals surface area contributed by atoms with Crippen molar-refractivity contribution >= 4 is 5.91 Å². The number of amides is 1. The van der Waals surface area contributed by atoms with E-state index in [0.29, 0.717) is 12.2 Å². The summed E-state index contributed by atoms with van der Waals surface area (Å²) in [6.45, 7) is 4.66. The van der Waals surface area contributed by atoms with Gasteiger partial charge in [-0.05, 0) is 25.0 Å². The third-order valence-electron chi connectivity index (χ3n) is 2.96. The van der Waals surface area contributed by atoms with Gasteiger partial charge in [0.05, 0.1) is 0 Å². The Labute approximate surface area is 113 Å². The summed E-state index contributed by atoms with van der Waals surface area (Å²) < 4.78 is 0. The predicted molar refractivity (Wildman–Crippen MR) is 74.9 cm³/mol. The molecule has 1 aromatic carbocycles. The Bertz CT molecular complexity index is 543. The summed E-state index contributed by atoms with van der Waals surface area (Å²) in [6.07, 6.45) is 1.95. The van der Waals surface area contributed by atoms with Crippen molar-refractivity contribution < 1.29 is 4.79 Å². The van der Waals surface area contributed by atoms with Gasteiger partial charge < -0.3 is 5.32 Å². The number of aromatic amines is 1. The second-order valence-electron chi connectivity index (χ2n) is 4.70. The number of aryl methyl sites for hydroxylation is 2. The topological polar surface area (TPSA) is 57.8 Å². The quantitative estimate of drug-likeness (QED) is 0.865. The monoisotopic (exact) mass is 257 g/mol. The highest BCUT2D eigenvalue weighted by molar-refractivity contribution is 5.92. The van der Waals surface area contributed by atoms with Crippen molar-refractivity contribution in [2.24, 2.45) is 0 Å². The van der Waals surface area contributed by atoms with E-state index >= 15 is 0 Å². The molecule has 1 heterocycles. The number of benzene rings is 1. The lowest BCUT2D eigenvalue weighted by Crippen LogP contribution is -2.23. The molecule has 1 aromatic heterocycles. The molecule has 2 N–H and O–H groups in total. The van der Waals surface area contributed by atoms with Gasteiger partial charge in [0.15, 0.2) is 0 Å². The molecule has 0 saturated heterocycles. The van der Waals surface area contributed by atoms with Crippen molar-refractivity contribution in [2.45, 2.75) is 33.2 Å². The lowest BCUT2D eigenvalue weighted by atomic mass is 10.1. The first-order chi connectivity index (χ1) is 9.19. The van der Waals surface area contributed by atoms with Crippen LogP contribution in [0.1, 0.15) is 40.7 Å². The van der Waals surface area contributed by atoms with Gasteiger partial charge >= 0.3 is 0 Å². The normalized spacial score (nSPS) is 10.4. The summed E-state index contributed by atoms with van der Waals surface area (Å²) in [5.74, 6) is -0.140. The maximum Gasteiger partial charge on any atom is 0.272 e. The molecule has 2 aromatic rings. The molecule has 0 spiro atoms. The number of nitrogens with zero attached hydrogens (tertiary/aromatic N) is 1. The molecule has 0 aliphatic rings. The highest BCUT2D eigenvalue weighted by atomic mass is 16.1. The molecule has 0 aliphatic carbocycles. The van der Waals surface area contributed by atoms with Crippen LogP contribution in [0.5, 0.6) is 0 Å². The van der Waals surface area contributed by atoms with Crippen LogP contribution in [0.3, 0.4) is 0 Å². The standard InChI is InChI=1S/C15H19N3O/c1-3-4-13-9-14(18-17-13)15(19)16-10-12-7-5-11(2)6-8-12/h5-9H,3-4,10H2,1-2H3,(H,16,19)(H,17,18). The Kier molecular flexibility index (Phi) is 4.34. The van der Waals surface area contributed by atoms with E-state index in [1.165, 1.54) is 5.56 Å². The van der Waals surface area contributed by atoms with Crippen LogP contribution in [0.15, 0.2) is 30.3 Å². The highest BCUT2D eigenvalue weighted by Gasteiger charge is 2.09. The zero-order valence-electron chi connectivity index (χ0n) is 11.4. The predicted octanol–water partition coefficient (Wildman–Crippen LogP) is 2.60. The maximum absolute atomic E-state index is 11.9. The van der Waals surface area contributed by atoms with Crippen molar-refractivity contribution in [3.8, 4) is 0 Å². The average Bonchev–Trinajstić information content (AvgIpc) is 2.87. The van der Waals surface area contributed by atoms with Crippen molar-refractivity contribution in [3.63, 3.8) is 0 Å². The lowest BCUT2D eigenvalue weighted by molar-refractivity contribution is 0.0946. The molecule has 2 rings (SSSR count). The summed E-state index contributed by atoms with van der Waals surface area (Å²) in [7, 11) is 0. The fourth-order valence-electron chi connectivity index (χ4n) is 1.85. The fraction of sp³-hybridized carbons (Fsp3) is 0.333. The van der Waals surface area contributed by atoms with Crippen molar-refractivity contribution in [1.29, 1.82) is 0 Å². The van der Waals surface area contributed by atoms with Crippen LogP contribution in [-0.4, -0.2) is 16.1 Å². The van der Waals surface area contributed by atoms with Gasteiger partial charge in [-0.15, -0.1) is 0 Å². The van der Waals surface area contributed by atoms with E-state index in [1.54, 1.807) is 0 Å². The van der Waals surface area contributed by atoms with Crippen LogP contribution in [-0.2, 0) is 13.0 Å². The number of hydrogen-bond donors (Lipinski definition) is 2. The molecule has 100 valence electrons. The lowest BCUT2D eigenvalue weighted by Gasteiger charge is -2.03. The number of carbonyl (C=O) groups is 1. The maximum atomic E-state index is 11.9. The van der Waals surface area contributed by atoms with Gasteiger partial charge in [0.25, 0.3) is 5.91 Å². The molecule has 0 saturated carbocycles. The van der Waals surface area contributed by atoms with Crippen LogP contribution in [0.2, 0.25) is 0 Å². The number of aromatic nitrogens is 2. The summed E-state index contributed by atoms with van der Waals surface area (Å²) in [6, 6.07) is 9.92. The van der Waals surface area contributed by atoms with Crippen LogP contribution >= 0.6 is 0 Å². The van der Waals surface area contributed by atoms with E-state index in [1.807, 2.05) is 37.3 Å². The van der Waals surface area contributed by atoms with Crippen LogP contribution < -0.4 is 5.32 Å². The number of H-pyrrole nitrogens is 1. The SMILES string of the molecule is CCCc1cc(C(=O)NCc2ccc(C)cc2)n[nH]1. The van der Waals surface area contributed by atoms with E-state index in [9.17, 15) is 4.79 Å². The first kappa shape index (κ1) is 13.3. The molecule has 0 aliphatic heterocycles. The van der Waals surface area contributed by atoms with E-state index < -0.39 is 0 Å². The minimum absolute atomic E-state index is 0.140. The smallest absolute Gasteiger partial charge is 0.272 e. The number of rotatable bonds is 5. The largest absolute Gasteiger partial charge is 0.347 e. The third kappa shape index (κ3) is 3.68. The van der Waals surface area contributed by atoms with Gasteiger partial charge in [0.1, 0.15) is 5.69 Å². The summed E-state index contributed by atoms with van der Waals surface area (Å²) in [5.41, 5.74) is 3.76. The first-order valence-corrected chi connectivity index (χ1v) is 6.57. The minimum Gasteiger partial charge on any atom is -0.347 e. The third-order valence-corrected chi connectivity index (χ3v) is 2.96. The Morgan fingerprint density at radius 2 is 2.05 bits per heavy atom. The Hall–Kier alpha value is -2.10. The number of nitrogens with one attached hydrogen (secondary N) is 2. The Balaban J connectivity index is 1.91. The molecule has 0 atom stereocenters. The molecule has 4 heteroatoms. The fourth-order valence-corrected chi connectivity index (χ4v) is 1.85. The second-order valence-corrected chi connectivity index (χ2v) is 4.70. The summed E-state index contributed by atoms with van der Waals surface area (Å²) >= 11 is 0. The molecule has 1 amide bonds. The molecule has 4 nitrogen and oxygen atoms in total. The van der Waals surface area contributed by atoms with Crippen molar-refractivity contribution in [2.75, 3.05) is 0 Å². The minimum atomic E-state index is -0.140. The number of carbonyl (C=O) groups excluding carboxylic acids is 1. The average molecular weight is 257 g/mol. The van der Waals surface area contributed by atoms with E-state index in [-0.39, 0.29) is 5.91 Å². The van der Waals surface area contributed by atoms with Crippen LogP contribution in [0, 0.1) is 6.92 Å². The van der Waals surface area contributed by atoms with Gasteiger partial charge in [-0.3, -0.25) is 9.89 Å². The van der Waals surface area contributed by atoms with Gasteiger partial charge in [-0.2, -0.15) is 5.10 Å². The first-order valence-electron chi connectivity index (χ1n) is 6.57. The summed E-state index contributed by atoms with van der Waals surface area (Å²) in [4.78, 5) is 11.9. The molecule has 0 radical (unpaired) electrons. The van der Waals surface area contributed by atoms with E-state index in [4.69, 9.17) is 0 Å². The molecular weight excluding hydrogens is 238 g/mol. The molecule has 19 heavy (non-hydrogen) atoms. The van der Waals surface area contributed by atoms with Gasteiger partial charge in [0, 0.05) is 12.2 Å². The molecular formula is C15H19N3O. The second kappa shape index (κ2) is 6.18. The zero-order chi connectivity index (χ0) is 13.7. The molecule has 0 bridgehead atoms. The number of hydrogen-bond acceptors (Lipinski definition) is 2. The van der Waals surface area contributed by atoms with Crippen LogP contribution in [0.25, 0.3) is 0 Å². The van der Waals surface area contributed by atoms with Gasteiger partial charge in [0.2, 0.25) is 0 Å². The van der Waals surface area contributed by atoms with Crippen molar-refractivity contribution in [1.82, 2.24) is 15.5 Å². The van der Waals surface area contributed by atoms with E-state index in [2.05, 4.69) is 22.4 Å². The Morgan fingerprint density at radius 3 is 2.74 bits per heavy atom. The summed E-state index contributed by atoms with van der Waals surface area (Å²) in [5, 5.41) is 9.78.